The van der Waals surface area contributed by atoms with E-state index in [1.165, 1.54) is 31.2 Å². The number of hydrogen-bond acceptors (Lipinski definition) is 1. The predicted octanol–water partition coefficient (Wildman–Crippen LogP) is 3.20. The van der Waals surface area contributed by atoms with Crippen molar-refractivity contribution in [1.82, 2.24) is 10.6 Å². The molecule has 0 heterocycles. The van der Waals surface area contributed by atoms with E-state index in [-0.39, 0.29) is 24.0 Å². The number of aliphatic imine (C=N–C) groups is 1. The van der Waals surface area contributed by atoms with Gasteiger partial charge in [0.05, 0.1) is 0 Å². The molecule has 116 valence electrons. The van der Waals surface area contributed by atoms with Gasteiger partial charge in [0.2, 0.25) is 0 Å². The van der Waals surface area contributed by atoms with Crippen molar-refractivity contribution in [3.05, 3.63) is 35.9 Å². The zero-order valence-electron chi connectivity index (χ0n) is 12.8. The van der Waals surface area contributed by atoms with Crippen LogP contribution < -0.4 is 10.6 Å². The molecule has 0 unspecified atom stereocenters. The first kappa shape index (κ1) is 16.6. The Hall–Kier alpha value is -0.780. The lowest BCUT2D eigenvalue weighted by atomic mass is 10.0. The van der Waals surface area contributed by atoms with Gasteiger partial charge in [0, 0.05) is 20.1 Å². The van der Waals surface area contributed by atoms with Crippen LogP contribution in [0, 0.1) is 11.3 Å². The van der Waals surface area contributed by atoms with Gasteiger partial charge in [-0.05, 0) is 49.0 Å². The normalized spacial score (nSPS) is 19.6. The average Bonchev–Trinajstić information content (AvgIpc) is 3.37. The predicted molar refractivity (Wildman–Crippen MR) is 99.3 cm³/mol. The summed E-state index contributed by atoms with van der Waals surface area (Å²) < 4.78 is 0. The Bertz CT molecular complexity index is 464. The van der Waals surface area contributed by atoms with Gasteiger partial charge in [0.15, 0.2) is 5.96 Å². The fourth-order valence-electron chi connectivity index (χ4n) is 3.04. The van der Waals surface area contributed by atoms with E-state index in [1.807, 2.05) is 7.05 Å². The fraction of sp³-hybridized carbons (Fsp3) is 0.588. The van der Waals surface area contributed by atoms with Crippen molar-refractivity contribution in [3.8, 4) is 0 Å². The molecule has 0 aromatic heterocycles. The molecule has 2 aliphatic carbocycles. The summed E-state index contributed by atoms with van der Waals surface area (Å²) in [7, 11) is 1.86. The second-order valence-corrected chi connectivity index (χ2v) is 6.22. The van der Waals surface area contributed by atoms with E-state index in [2.05, 4.69) is 46.0 Å². The topological polar surface area (TPSA) is 36.4 Å². The summed E-state index contributed by atoms with van der Waals surface area (Å²) in [4.78, 5) is 4.32. The third kappa shape index (κ3) is 4.59. The third-order valence-electron chi connectivity index (χ3n) is 4.72. The Morgan fingerprint density at radius 1 is 1.19 bits per heavy atom. The van der Waals surface area contributed by atoms with Crippen LogP contribution in [0.15, 0.2) is 35.3 Å². The van der Waals surface area contributed by atoms with Crippen LogP contribution in [0.5, 0.6) is 0 Å². The molecule has 0 spiro atoms. The van der Waals surface area contributed by atoms with Crippen molar-refractivity contribution in [2.45, 2.75) is 32.1 Å². The summed E-state index contributed by atoms with van der Waals surface area (Å²) in [5, 5.41) is 6.94. The van der Waals surface area contributed by atoms with Crippen LogP contribution in [-0.4, -0.2) is 26.1 Å². The number of benzene rings is 1. The first-order chi connectivity index (χ1) is 9.82. The molecule has 0 radical (unpaired) electrons. The van der Waals surface area contributed by atoms with Crippen LogP contribution in [0.1, 0.15) is 31.2 Å². The van der Waals surface area contributed by atoms with Gasteiger partial charge in [-0.2, -0.15) is 0 Å². The van der Waals surface area contributed by atoms with Gasteiger partial charge in [0.25, 0.3) is 0 Å². The summed E-state index contributed by atoms with van der Waals surface area (Å²) in [6.45, 7) is 2.03. The molecular formula is C17H26IN3. The number of halogens is 1. The molecule has 2 N–H and O–H groups in total. The van der Waals surface area contributed by atoms with E-state index in [1.54, 1.807) is 0 Å². The maximum Gasteiger partial charge on any atom is 0.191 e. The Morgan fingerprint density at radius 3 is 2.48 bits per heavy atom. The highest BCUT2D eigenvalue weighted by atomic mass is 127. The van der Waals surface area contributed by atoms with Crippen LogP contribution in [0.25, 0.3) is 0 Å². The number of nitrogens with one attached hydrogen (secondary N) is 2. The van der Waals surface area contributed by atoms with Gasteiger partial charge in [-0.1, -0.05) is 30.3 Å². The summed E-state index contributed by atoms with van der Waals surface area (Å²) in [6.07, 6.45) is 6.75. The number of hydrogen-bond donors (Lipinski definition) is 2. The van der Waals surface area contributed by atoms with E-state index >= 15 is 0 Å². The molecule has 0 aliphatic heterocycles. The van der Waals surface area contributed by atoms with Crippen molar-refractivity contribution in [2.75, 3.05) is 20.1 Å². The van der Waals surface area contributed by atoms with Gasteiger partial charge >= 0.3 is 0 Å². The maximum absolute atomic E-state index is 4.32. The fourth-order valence-corrected chi connectivity index (χ4v) is 3.04. The van der Waals surface area contributed by atoms with Crippen LogP contribution in [0.4, 0.5) is 0 Å². The van der Waals surface area contributed by atoms with Crippen molar-refractivity contribution in [3.63, 3.8) is 0 Å². The van der Waals surface area contributed by atoms with Gasteiger partial charge in [-0.3, -0.25) is 4.99 Å². The Kier molecular flexibility index (Phi) is 5.90. The molecule has 1 aromatic carbocycles. The first-order valence-electron chi connectivity index (χ1n) is 7.81. The molecule has 1 aromatic rings. The molecule has 2 saturated carbocycles. The number of nitrogens with zero attached hydrogens (tertiary/aromatic N) is 1. The molecule has 3 rings (SSSR count). The lowest BCUT2D eigenvalue weighted by Gasteiger charge is -2.18. The Balaban J connectivity index is 0.00000161. The Labute approximate surface area is 145 Å². The van der Waals surface area contributed by atoms with E-state index in [4.69, 9.17) is 0 Å². The van der Waals surface area contributed by atoms with Crippen molar-refractivity contribution >= 4 is 29.9 Å². The summed E-state index contributed by atoms with van der Waals surface area (Å²) in [5.74, 6) is 1.95. The lowest BCUT2D eigenvalue weighted by molar-refractivity contribution is 0.431. The van der Waals surface area contributed by atoms with Gasteiger partial charge in [0.1, 0.15) is 0 Å². The van der Waals surface area contributed by atoms with Gasteiger partial charge in [-0.15, -0.1) is 24.0 Å². The molecule has 0 saturated heterocycles. The highest BCUT2D eigenvalue weighted by Crippen LogP contribution is 2.60. The molecule has 2 fully saturated rings. The minimum absolute atomic E-state index is 0. The average molecular weight is 399 g/mol. The minimum atomic E-state index is 0. The van der Waals surface area contributed by atoms with Crippen LogP contribution >= 0.6 is 24.0 Å². The summed E-state index contributed by atoms with van der Waals surface area (Å²) in [5.41, 5.74) is 1.99. The number of guanidine groups is 1. The largest absolute Gasteiger partial charge is 0.356 e. The molecular weight excluding hydrogens is 373 g/mol. The zero-order chi connectivity index (χ0) is 13.8. The van der Waals surface area contributed by atoms with Crippen molar-refractivity contribution in [2.24, 2.45) is 16.3 Å². The molecule has 21 heavy (non-hydrogen) atoms. The summed E-state index contributed by atoms with van der Waals surface area (Å²) >= 11 is 0. The minimum Gasteiger partial charge on any atom is -0.356 e. The SMILES string of the molecule is CN=C(NCCc1ccccc1)NCC1(C2CC2)CC1.I. The third-order valence-corrected chi connectivity index (χ3v) is 4.72. The first-order valence-corrected chi connectivity index (χ1v) is 7.81. The molecule has 0 atom stereocenters. The molecule has 2 aliphatic rings. The summed E-state index contributed by atoms with van der Waals surface area (Å²) in [6, 6.07) is 10.6. The standard InChI is InChI=1S/C17H25N3.HI/c1-18-16(19-12-9-14-5-3-2-4-6-14)20-13-17(10-11-17)15-7-8-15;/h2-6,15H,7-13H2,1H3,(H2,18,19,20);1H. The van der Waals surface area contributed by atoms with Crippen molar-refractivity contribution in [1.29, 1.82) is 0 Å². The van der Waals surface area contributed by atoms with Gasteiger partial charge < -0.3 is 10.6 Å². The smallest absolute Gasteiger partial charge is 0.191 e. The van der Waals surface area contributed by atoms with Crippen molar-refractivity contribution < 1.29 is 0 Å². The van der Waals surface area contributed by atoms with Crippen LogP contribution in [0.3, 0.4) is 0 Å². The second-order valence-electron chi connectivity index (χ2n) is 6.22. The monoisotopic (exact) mass is 399 g/mol. The highest BCUT2D eigenvalue weighted by molar-refractivity contribution is 14.0. The molecule has 3 nitrogen and oxygen atoms in total. The lowest BCUT2D eigenvalue weighted by Crippen LogP contribution is -2.41. The highest BCUT2D eigenvalue weighted by Gasteiger charge is 2.53. The van der Waals surface area contributed by atoms with Crippen LogP contribution in [-0.2, 0) is 6.42 Å². The molecule has 0 amide bonds. The zero-order valence-corrected chi connectivity index (χ0v) is 15.1. The molecule has 0 bridgehead atoms. The number of rotatable bonds is 6. The second kappa shape index (κ2) is 7.47. The van der Waals surface area contributed by atoms with E-state index in [0.29, 0.717) is 5.41 Å². The molecule has 4 heteroatoms. The maximum atomic E-state index is 4.32. The quantitative estimate of drug-likeness (QED) is 0.438. The van der Waals surface area contributed by atoms with E-state index < -0.39 is 0 Å². The van der Waals surface area contributed by atoms with E-state index in [0.717, 1.165) is 31.4 Å². The van der Waals surface area contributed by atoms with E-state index in [9.17, 15) is 0 Å². The van der Waals surface area contributed by atoms with Crippen LogP contribution in [0.2, 0.25) is 0 Å². The van der Waals surface area contributed by atoms with Gasteiger partial charge in [-0.25, -0.2) is 0 Å². The Morgan fingerprint density at radius 2 is 1.90 bits per heavy atom.